The van der Waals surface area contributed by atoms with Gasteiger partial charge in [0.05, 0.1) is 11.9 Å². The lowest BCUT2D eigenvalue weighted by Gasteiger charge is -1.85. The summed E-state index contributed by atoms with van der Waals surface area (Å²) in [5.41, 5.74) is 0.689. The predicted molar refractivity (Wildman–Crippen MR) is 37.9 cm³/mol. The number of carbonyl (C=O) groups excluding carboxylic acids is 1. The van der Waals surface area contributed by atoms with Crippen LogP contribution < -0.4 is 0 Å². The summed E-state index contributed by atoms with van der Waals surface area (Å²) in [5.74, 6) is 0. The van der Waals surface area contributed by atoms with E-state index in [2.05, 4.69) is 9.98 Å². The Morgan fingerprint density at radius 3 is 3.00 bits per heavy atom. The van der Waals surface area contributed by atoms with Gasteiger partial charge in [0.15, 0.2) is 0 Å². The monoisotopic (exact) mass is 134 g/mol. The highest BCUT2D eigenvalue weighted by Crippen LogP contribution is 1.86. The molecule has 0 unspecified atom stereocenters. The van der Waals surface area contributed by atoms with E-state index in [4.69, 9.17) is 0 Å². The van der Waals surface area contributed by atoms with E-state index in [1.54, 1.807) is 18.3 Å². The van der Waals surface area contributed by atoms with Gasteiger partial charge in [0.25, 0.3) is 0 Å². The smallest absolute Gasteiger partial charge is 0.232 e. The van der Waals surface area contributed by atoms with E-state index in [9.17, 15) is 4.79 Å². The van der Waals surface area contributed by atoms with E-state index < -0.39 is 0 Å². The Morgan fingerprint density at radius 1 is 1.50 bits per heavy atom. The van der Waals surface area contributed by atoms with Crippen LogP contribution in [-0.2, 0) is 4.79 Å². The molecule has 0 aliphatic heterocycles. The molecule has 1 amide bonds. The number of pyridine rings is 1. The van der Waals surface area contributed by atoms with Gasteiger partial charge >= 0.3 is 0 Å². The van der Waals surface area contributed by atoms with Gasteiger partial charge in [-0.2, -0.15) is 0 Å². The molecular formula is C7H6N2O. The molecule has 50 valence electrons. The van der Waals surface area contributed by atoms with Gasteiger partial charge in [0.2, 0.25) is 6.41 Å². The van der Waals surface area contributed by atoms with Crippen molar-refractivity contribution in [2.45, 2.75) is 0 Å². The second-order valence-corrected chi connectivity index (χ2v) is 1.64. The summed E-state index contributed by atoms with van der Waals surface area (Å²) in [6, 6.07) is 5.41. The third-order valence-electron chi connectivity index (χ3n) is 0.955. The van der Waals surface area contributed by atoms with Crippen LogP contribution in [0.2, 0.25) is 0 Å². The van der Waals surface area contributed by atoms with Crippen LogP contribution in [0.1, 0.15) is 5.69 Å². The summed E-state index contributed by atoms with van der Waals surface area (Å²) in [6.45, 7) is 0. The number of carbonyl (C=O) groups is 1. The van der Waals surface area contributed by atoms with Gasteiger partial charge in [0, 0.05) is 6.20 Å². The van der Waals surface area contributed by atoms with Crippen molar-refractivity contribution in [2.75, 3.05) is 0 Å². The van der Waals surface area contributed by atoms with E-state index in [-0.39, 0.29) is 0 Å². The molecule has 1 heterocycles. The third-order valence-corrected chi connectivity index (χ3v) is 0.955. The van der Waals surface area contributed by atoms with E-state index in [1.807, 2.05) is 6.07 Å². The first-order chi connectivity index (χ1) is 4.93. The Bertz CT molecular complexity index is 231. The van der Waals surface area contributed by atoms with Crippen LogP contribution in [0.25, 0.3) is 0 Å². The lowest BCUT2D eigenvalue weighted by molar-refractivity contribution is -0.106. The van der Waals surface area contributed by atoms with Crippen LogP contribution in [-0.4, -0.2) is 17.6 Å². The molecule has 0 bridgehead atoms. The fraction of sp³-hybridized carbons (Fsp3) is 0. The Balaban J connectivity index is 2.76. The van der Waals surface area contributed by atoms with Crippen molar-refractivity contribution in [3.63, 3.8) is 0 Å². The Hall–Kier alpha value is -1.51. The second-order valence-electron chi connectivity index (χ2n) is 1.64. The van der Waals surface area contributed by atoms with Crippen molar-refractivity contribution in [2.24, 2.45) is 4.99 Å². The number of hydrogen-bond acceptors (Lipinski definition) is 2. The molecule has 0 aliphatic rings. The van der Waals surface area contributed by atoms with Gasteiger partial charge < -0.3 is 0 Å². The molecule has 3 nitrogen and oxygen atoms in total. The molecule has 1 aromatic rings. The fourth-order valence-corrected chi connectivity index (χ4v) is 0.559. The molecule has 0 saturated carbocycles. The van der Waals surface area contributed by atoms with Gasteiger partial charge in [-0.3, -0.25) is 9.78 Å². The number of nitrogens with zero attached hydrogens (tertiary/aromatic N) is 2. The van der Waals surface area contributed by atoms with Crippen LogP contribution >= 0.6 is 0 Å². The molecule has 1 aromatic heterocycles. The number of rotatable bonds is 2. The minimum absolute atomic E-state index is 0.481. The van der Waals surface area contributed by atoms with Gasteiger partial charge in [-0.15, -0.1) is 0 Å². The number of hydrogen-bond donors (Lipinski definition) is 0. The second kappa shape index (κ2) is 3.50. The predicted octanol–water partition coefficient (Wildman–Crippen LogP) is 0.657. The quantitative estimate of drug-likeness (QED) is 0.440. The highest BCUT2D eigenvalue weighted by Gasteiger charge is 1.81. The normalized spacial score (nSPS) is 10.0. The summed E-state index contributed by atoms with van der Waals surface area (Å²) in [4.78, 5) is 17.0. The SMILES string of the molecule is O=CN=Cc1ccccn1. The molecule has 10 heavy (non-hydrogen) atoms. The minimum Gasteiger partial charge on any atom is -0.276 e. The minimum atomic E-state index is 0.481. The molecule has 1 rings (SSSR count). The molecule has 0 N–H and O–H groups in total. The first-order valence-corrected chi connectivity index (χ1v) is 2.81. The van der Waals surface area contributed by atoms with Crippen LogP contribution in [0.5, 0.6) is 0 Å². The zero-order valence-corrected chi connectivity index (χ0v) is 5.27. The molecule has 0 atom stereocenters. The van der Waals surface area contributed by atoms with Crippen LogP contribution in [0.15, 0.2) is 29.4 Å². The van der Waals surface area contributed by atoms with Crippen molar-refractivity contribution < 1.29 is 4.79 Å². The molecule has 0 aliphatic carbocycles. The van der Waals surface area contributed by atoms with Crippen molar-refractivity contribution in [1.82, 2.24) is 4.98 Å². The Labute approximate surface area is 58.4 Å². The molecule has 3 heteroatoms. The Kier molecular flexibility index (Phi) is 2.31. The zero-order chi connectivity index (χ0) is 7.23. The first-order valence-electron chi connectivity index (χ1n) is 2.81. The summed E-state index contributed by atoms with van der Waals surface area (Å²) < 4.78 is 0. The average molecular weight is 134 g/mol. The molecular weight excluding hydrogens is 128 g/mol. The van der Waals surface area contributed by atoms with E-state index >= 15 is 0 Å². The topological polar surface area (TPSA) is 42.3 Å². The van der Waals surface area contributed by atoms with Crippen LogP contribution in [0.4, 0.5) is 0 Å². The Morgan fingerprint density at radius 2 is 2.40 bits per heavy atom. The van der Waals surface area contributed by atoms with Gasteiger partial charge in [-0.25, -0.2) is 4.99 Å². The summed E-state index contributed by atoms with van der Waals surface area (Å²) in [6.07, 6.45) is 3.54. The van der Waals surface area contributed by atoms with Crippen LogP contribution in [0, 0.1) is 0 Å². The molecule has 0 spiro atoms. The van der Waals surface area contributed by atoms with Gasteiger partial charge in [-0.05, 0) is 12.1 Å². The van der Waals surface area contributed by atoms with Crippen molar-refractivity contribution >= 4 is 12.6 Å². The maximum atomic E-state index is 9.75. The van der Waals surface area contributed by atoms with Crippen molar-refractivity contribution in [3.8, 4) is 0 Å². The largest absolute Gasteiger partial charge is 0.276 e. The lowest BCUT2D eigenvalue weighted by Crippen LogP contribution is -1.83. The zero-order valence-electron chi connectivity index (χ0n) is 5.27. The van der Waals surface area contributed by atoms with E-state index in [0.717, 1.165) is 0 Å². The van der Waals surface area contributed by atoms with Crippen molar-refractivity contribution in [3.05, 3.63) is 30.1 Å². The van der Waals surface area contributed by atoms with Gasteiger partial charge in [0.1, 0.15) is 0 Å². The highest BCUT2D eigenvalue weighted by molar-refractivity contribution is 5.82. The maximum absolute atomic E-state index is 9.75. The summed E-state index contributed by atoms with van der Waals surface area (Å²) in [7, 11) is 0. The molecule has 0 saturated heterocycles. The summed E-state index contributed by atoms with van der Waals surface area (Å²) in [5, 5.41) is 0. The number of amides is 1. The van der Waals surface area contributed by atoms with E-state index in [1.165, 1.54) is 6.21 Å². The molecule has 0 fully saturated rings. The third kappa shape index (κ3) is 1.78. The fourth-order valence-electron chi connectivity index (χ4n) is 0.559. The molecule has 0 radical (unpaired) electrons. The van der Waals surface area contributed by atoms with E-state index in [0.29, 0.717) is 12.1 Å². The number of aliphatic imine (C=N–C) groups is 1. The number of aromatic nitrogens is 1. The first kappa shape index (κ1) is 6.61. The van der Waals surface area contributed by atoms with Crippen molar-refractivity contribution in [1.29, 1.82) is 0 Å². The lowest BCUT2D eigenvalue weighted by atomic mass is 10.4. The average Bonchev–Trinajstić information content (AvgIpc) is 2.03. The maximum Gasteiger partial charge on any atom is 0.232 e. The van der Waals surface area contributed by atoms with Gasteiger partial charge in [-0.1, -0.05) is 6.07 Å². The highest BCUT2D eigenvalue weighted by atomic mass is 16.1. The summed E-state index contributed by atoms with van der Waals surface area (Å²) >= 11 is 0. The van der Waals surface area contributed by atoms with Crippen LogP contribution in [0.3, 0.4) is 0 Å². The molecule has 0 aromatic carbocycles. The standard InChI is InChI=1S/C7H6N2O/c10-6-8-5-7-3-1-2-4-9-7/h1-6H.